The molecular formula is C18H23N3O. The van der Waals surface area contributed by atoms with Gasteiger partial charge in [0, 0.05) is 29.4 Å². The summed E-state index contributed by atoms with van der Waals surface area (Å²) in [4.78, 5) is 9.47. The zero-order chi connectivity index (χ0) is 15.5. The van der Waals surface area contributed by atoms with Gasteiger partial charge in [-0.3, -0.25) is 0 Å². The van der Waals surface area contributed by atoms with Crippen LogP contribution in [0.2, 0.25) is 0 Å². The van der Waals surface area contributed by atoms with Crippen LogP contribution in [0.15, 0.2) is 24.3 Å². The molecule has 116 valence electrons. The number of methoxy groups -OCH3 is 1. The fraction of sp³-hybridized carbons (Fsp3) is 0.444. The highest BCUT2D eigenvalue weighted by molar-refractivity contribution is 5.32. The van der Waals surface area contributed by atoms with Crippen LogP contribution in [-0.2, 0) is 6.42 Å². The number of benzene rings is 1. The van der Waals surface area contributed by atoms with Crippen molar-refractivity contribution in [1.29, 1.82) is 0 Å². The monoisotopic (exact) mass is 297 g/mol. The van der Waals surface area contributed by atoms with Gasteiger partial charge in [-0.1, -0.05) is 12.1 Å². The van der Waals surface area contributed by atoms with Crippen LogP contribution in [0.5, 0.6) is 5.75 Å². The Labute approximate surface area is 132 Å². The molecule has 0 saturated carbocycles. The number of rotatable bonds is 4. The smallest absolute Gasteiger partial charge is 0.133 e. The molecular weight excluding hydrogens is 274 g/mol. The van der Waals surface area contributed by atoms with Crippen LogP contribution in [0.25, 0.3) is 0 Å². The molecule has 1 fully saturated rings. The lowest BCUT2D eigenvalue weighted by Crippen LogP contribution is -2.17. The molecule has 22 heavy (non-hydrogen) atoms. The zero-order valence-corrected chi connectivity index (χ0v) is 13.5. The van der Waals surface area contributed by atoms with Crippen molar-refractivity contribution in [2.75, 3.05) is 13.7 Å². The van der Waals surface area contributed by atoms with Gasteiger partial charge in [-0.25, -0.2) is 9.97 Å². The summed E-state index contributed by atoms with van der Waals surface area (Å²) in [6.45, 7) is 5.29. The molecule has 4 nitrogen and oxygen atoms in total. The van der Waals surface area contributed by atoms with E-state index in [1.54, 1.807) is 7.11 Å². The van der Waals surface area contributed by atoms with E-state index in [1.807, 2.05) is 18.2 Å². The first kappa shape index (κ1) is 15.0. The summed E-state index contributed by atoms with van der Waals surface area (Å²) < 4.78 is 5.28. The SMILES string of the molecule is COc1cccc(Cc2nc(C)c(C3CCCN3)c(C)n2)c1. The van der Waals surface area contributed by atoms with Gasteiger partial charge in [0.15, 0.2) is 0 Å². The van der Waals surface area contributed by atoms with E-state index in [1.165, 1.54) is 24.0 Å². The first-order valence-electron chi connectivity index (χ1n) is 7.87. The van der Waals surface area contributed by atoms with Crippen LogP contribution in [-0.4, -0.2) is 23.6 Å². The molecule has 1 atom stereocenters. The van der Waals surface area contributed by atoms with Crippen LogP contribution < -0.4 is 10.1 Å². The second kappa shape index (κ2) is 6.44. The molecule has 1 aliphatic heterocycles. The molecule has 2 aromatic rings. The van der Waals surface area contributed by atoms with E-state index in [2.05, 4.69) is 25.2 Å². The molecule has 0 aliphatic carbocycles. The molecule has 0 bridgehead atoms. The van der Waals surface area contributed by atoms with Gasteiger partial charge in [0.25, 0.3) is 0 Å². The zero-order valence-electron chi connectivity index (χ0n) is 13.5. The van der Waals surface area contributed by atoms with E-state index in [0.717, 1.165) is 35.9 Å². The number of ether oxygens (including phenoxy) is 1. The van der Waals surface area contributed by atoms with E-state index in [9.17, 15) is 0 Å². The molecule has 1 aliphatic rings. The lowest BCUT2D eigenvalue weighted by Gasteiger charge is -2.16. The summed E-state index contributed by atoms with van der Waals surface area (Å²) in [5.41, 5.74) is 4.66. The molecule has 0 amide bonds. The van der Waals surface area contributed by atoms with Gasteiger partial charge in [-0.15, -0.1) is 0 Å². The third-order valence-electron chi connectivity index (χ3n) is 4.28. The Kier molecular flexibility index (Phi) is 4.39. The number of nitrogens with zero attached hydrogens (tertiary/aromatic N) is 2. The van der Waals surface area contributed by atoms with Gasteiger partial charge < -0.3 is 10.1 Å². The highest BCUT2D eigenvalue weighted by Crippen LogP contribution is 2.27. The standard InChI is InChI=1S/C18H23N3O/c1-12-18(16-8-5-9-19-16)13(2)21-17(20-12)11-14-6-4-7-15(10-14)22-3/h4,6-7,10,16,19H,5,8-9,11H2,1-3H3. The maximum atomic E-state index is 5.28. The van der Waals surface area contributed by atoms with Crippen molar-refractivity contribution in [3.63, 3.8) is 0 Å². The Morgan fingerprint density at radius 1 is 1.23 bits per heavy atom. The van der Waals surface area contributed by atoms with Crippen molar-refractivity contribution in [2.24, 2.45) is 0 Å². The van der Waals surface area contributed by atoms with Crippen molar-refractivity contribution in [3.8, 4) is 5.75 Å². The Hall–Kier alpha value is -1.94. The minimum absolute atomic E-state index is 0.422. The van der Waals surface area contributed by atoms with Gasteiger partial charge in [0.05, 0.1) is 7.11 Å². The molecule has 1 aromatic heterocycles. The van der Waals surface area contributed by atoms with E-state index >= 15 is 0 Å². The van der Waals surface area contributed by atoms with Crippen LogP contribution in [0.3, 0.4) is 0 Å². The van der Waals surface area contributed by atoms with Crippen LogP contribution >= 0.6 is 0 Å². The average molecular weight is 297 g/mol. The second-order valence-electron chi connectivity index (χ2n) is 5.90. The molecule has 1 aromatic carbocycles. The number of hydrogen-bond donors (Lipinski definition) is 1. The van der Waals surface area contributed by atoms with E-state index in [-0.39, 0.29) is 0 Å². The maximum Gasteiger partial charge on any atom is 0.133 e. The van der Waals surface area contributed by atoms with Crippen molar-refractivity contribution in [2.45, 2.75) is 39.2 Å². The Balaban J connectivity index is 1.85. The van der Waals surface area contributed by atoms with Crippen LogP contribution in [0.1, 0.15) is 47.2 Å². The van der Waals surface area contributed by atoms with E-state index < -0.39 is 0 Å². The average Bonchev–Trinajstić information content (AvgIpc) is 3.00. The minimum atomic E-state index is 0.422. The fourth-order valence-electron chi connectivity index (χ4n) is 3.27. The summed E-state index contributed by atoms with van der Waals surface area (Å²) in [7, 11) is 1.69. The third kappa shape index (κ3) is 3.12. The number of hydrogen-bond acceptors (Lipinski definition) is 4. The first-order chi connectivity index (χ1) is 10.7. The largest absolute Gasteiger partial charge is 0.497 e. The molecule has 1 saturated heterocycles. The quantitative estimate of drug-likeness (QED) is 0.942. The number of aromatic nitrogens is 2. The predicted molar refractivity (Wildman–Crippen MR) is 87.3 cm³/mol. The van der Waals surface area contributed by atoms with Crippen molar-refractivity contribution >= 4 is 0 Å². The highest BCUT2D eigenvalue weighted by atomic mass is 16.5. The highest BCUT2D eigenvalue weighted by Gasteiger charge is 2.21. The normalized spacial score (nSPS) is 17.7. The summed E-state index contributed by atoms with van der Waals surface area (Å²) in [6.07, 6.45) is 3.15. The van der Waals surface area contributed by atoms with E-state index in [4.69, 9.17) is 14.7 Å². The molecule has 1 unspecified atom stereocenters. The van der Waals surface area contributed by atoms with Crippen LogP contribution in [0.4, 0.5) is 0 Å². The second-order valence-corrected chi connectivity index (χ2v) is 5.90. The third-order valence-corrected chi connectivity index (χ3v) is 4.28. The van der Waals surface area contributed by atoms with Crippen molar-refractivity contribution in [1.82, 2.24) is 15.3 Å². The van der Waals surface area contributed by atoms with Gasteiger partial charge >= 0.3 is 0 Å². The lowest BCUT2D eigenvalue weighted by atomic mass is 10.0. The molecule has 3 rings (SSSR count). The van der Waals surface area contributed by atoms with Crippen LogP contribution in [0, 0.1) is 13.8 Å². The number of nitrogens with one attached hydrogen (secondary N) is 1. The maximum absolute atomic E-state index is 5.28. The Morgan fingerprint density at radius 2 is 2.00 bits per heavy atom. The molecule has 4 heteroatoms. The summed E-state index contributed by atoms with van der Waals surface area (Å²) in [5.74, 6) is 1.75. The predicted octanol–water partition coefficient (Wildman–Crippen LogP) is 3.12. The topological polar surface area (TPSA) is 47.0 Å². The summed E-state index contributed by atoms with van der Waals surface area (Å²) >= 11 is 0. The van der Waals surface area contributed by atoms with Gasteiger partial charge in [0.2, 0.25) is 0 Å². The Morgan fingerprint density at radius 3 is 2.64 bits per heavy atom. The van der Waals surface area contributed by atoms with Gasteiger partial charge in [-0.05, 0) is 50.9 Å². The first-order valence-corrected chi connectivity index (χ1v) is 7.87. The molecule has 0 radical (unpaired) electrons. The summed E-state index contributed by atoms with van der Waals surface area (Å²) in [6, 6.07) is 8.51. The summed E-state index contributed by atoms with van der Waals surface area (Å²) in [5, 5.41) is 3.54. The van der Waals surface area contributed by atoms with Crippen molar-refractivity contribution in [3.05, 3.63) is 52.6 Å². The van der Waals surface area contributed by atoms with Gasteiger partial charge in [-0.2, -0.15) is 0 Å². The molecule has 2 heterocycles. The Bertz CT molecular complexity index is 640. The molecule has 1 N–H and O–H groups in total. The fourth-order valence-corrected chi connectivity index (χ4v) is 3.27. The van der Waals surface area contributed by atoms with Gasteiger partial charge in [0.1, 0.15) is 11.6 Å². The minimum Gasteiger partial charge on any atom is -0.497 e. The molecule has 0 spiro atoms. The van der Waals surface area contributed by atoms with Crippen molar-refractivity contribution < 1.29 is 4.74 Å². The number of aryl methyl sites for hydroxylation is 2. The lowest BCUT2D eigenvalue weighted by molar-refractivity contribution is 0.414. The van der Waals surface area contributed by atoms with E-state index in [0.29, 0.717) is 6.04 Å².